The molecule has 1 aliphatic rings. The summed E-state index contributed by atoms with van der Waals surface area (Å²) in [7, 11) is 0. The molecule has 0 spiro atoms. The molecule has 0 saturated carbocycles. The first kappa shape index (κ1) is 21.2. The van der Waals surface area contributed by atoms with Crippen molar-refractivity contribution in [1.82, 2.24) is 15.1 Å². The Kier molecular flexibility index (Phi) is 10.3. The molecule has 0 radical (unpaired) electrons. The molecule has 24 heavy (non-hydrogen) atoms. The predicted molar refractivity (Wildman–Crippen MR) is 105 cm³/mol. The molecule has 0 amide bonds. The summed E-state index contributed by atoms with van der Waals surface area (Å²) >= 11 is 0. The molecule has 3 N–H and O–H groups in total. The maximum Gasteiger partial charge on any atom is 0.188 e. The lowest BCUT2D eigenvalue weighted by Gasteiger charge is -2.35. The van der Waals surface area contributed by atoms with E-state index in [0.717, 1.165) is 25.4 Å². The average molecular weight is 340 g/mol. The Labute approximate surface area is 150 Å². The topological polar surface area (TPSA) is 56.9 Å². The molecule has 142 valence electrons. The summed E-state index contributed by atoms with van der Waals surface area (Å²) in [6, 6.07) is 0.407. The van der Waals surface area contributed by atoms with Crippen molar-refractivity contribution in [2.75, 3.05) is 45.8 Å². The third-order valence-electron chi connectivity index (χ3n) is 4.87. The second kappa shape index (κ2) is 11.7. The van der Waals surface area contributed by atoms with Gasteiger partial charge in [-0.1, -0.05) is 40.5 Å². The monoisotopic (exact) mass is 339 g/mol. The molecule has 0 bridgehead atoms. The van der Waals surface area contributed by atoms with E-state index in [-0.39, 0.29) is 0 Å². The number of rotatable bonds is 10. The molecule has 0 aromatic heterocycles. The van der Waals surface area contributed by atoms with Crippen LogP contribution in [0.5, 0.6) is 0 Å². The molecule has 1 saturated heterocycles. The van der Waals surface area contributed by atoms with Crippen LogP contribution in [0.25, 0.3) is 0 Å². The highest BCUT2D eigenvalue weighted by Crippen LogP contribution is 2.08. The lowest BCUT2D eigenvalue weighted by atomic mass is 10.0. The van der Waals surface area contributed by atoms with Crippen LogP contribution in [0.1, 0.15) is 53.9 Å². The van der Waals surface area contributed by atoms with Crippen LogP contribution < -0.4 is 11.1 Å². The van der Waals surface area contributed by atoms with Crippen molar-refractivity contribution in [3.8, 4) is 0 Å². The number of nitrogens with one attached hydrogen (secondary N) is 1. The Morgan fingerprint density at radius 2 is 1.67 bits per heavy atom. The molecule has 0 aliphatic carbocycles. The van der Waals surface area contributed by atoms with Crippen molar-refractivity contribution < 1.29 is 0 Å². The van der Waals surface area contributed by atoms with Gasteiger partial charge in [-0.3, -0.25) is 4.99 Å². The van der Waals surface area contributed by atoms with Gasteiger partial charge in [0.1, 0.15) is 0 Å². The number of hydrogen-bond donors (Lipinski definition) is 2. The Balaban J connectivity index is 2.19. The highest BCUT2D eigenvalue weighted by Gasteiger charge is 2.17. The van der Waals surface area contributed by atoms with Crippen molar-refractivity contribution >= 4 is 5.96 Å². The first-order valence-electron chi connectivity index (χ1n) is 9.91. The molecule has 2 atom stereocenters. The summed E-state index contributed by atoms with van der Waals surface area (Å²) in [5.41, 5.74) is 6.04. The second-order valence-corrected chi connectivity index (χ2v) is 7.94. The Morgan fingerprint density at radius 3 is 2.25 bits per heavy atom. The van der Waals surface area contributed by atoms with Gasteiger partial charge < -0.3 is 20.9 Å². The molecule has 0 aromatic rings. The minimum atomic E-state index is 0.407. The summed E-state index contributed by atoms with van der Waals surface area (Å²) in [4.78, 5) is 9.63. The lowest BCUT2D eigenvalue weighted by molar-refractivity contribution is 0.125. The number of guanidine groups is 1. The summed E-state index contributed by atoms with van der Waals surface area (Å²) < 4.78 is 0. The third kappa shape index (κ3) is 9.48. The molecule has 5 nitrogen and oxygen atoms in total. The summed E-state index contributed by atoms with van der Waals surface area (Å²) in [5.74, 6) is 1.94. The van der Waals surface area contributed by atoms with E-state index in [2.05, 4.69) is 54.7 Å². The van der Waals surface area contributed by atoms with Gasteiger partial charge in [0.15, 0.2) is 5.96 Å². The summed E-state index contributed by atoms with van der Waals surface area (Å²) in [6.45, 7) is 19.1. The van der Waals surface area contributed by atoms with Crippen LogP contribution in [0.4, 0.5) is 0 Å². The van der Waals surface area contributed by atoms with E-state index in [0.29, 0.717) is 17.9 Å². The fourth-order valence-electron chi connectivity index (χ4n) is 3.24. The van der Waals surface area contributed by atoms with Crippen molar-refractivity contribution in [3.05, 3.63) is 0 Å². The van der Waals surface area contributed by atoms with Gasteiger partial charge in [-0.2, -0.15) is 0 Å². The average Bonchev–Trinajstić information content (AvgIpc) is 2.53. The molecular weight excluding hydrogens is 298 g/mol. The van der Waals surface area contributed by atoms with Crippen molar-refractivity contribution in [3.63, 3.8) is 0 Å². The highest BCUT2D eigenvalue weighted by atomic mass is 15.3. The maximum atomic E-state index is 6.04. The SMILES string of the molecule is CCN1CCN(CC(C)CN=C(N)NC(C)CCCC(C)C)CC1. The minimum absolute atomic E-state index is 0.407. The number of piperazine rings is 1. The Bertz CT molecular complexity index is 348. The molecule has 1 rings (SSSR count). The summed E-state index contributed by atoms with van der Waals surface area (Å²) in [6.07, 6.45) is 3.69. The molecule has 1 heterocycles. The van der Waals surface area contributed by atoms with Crippen LogP contribution >= 0.6 is 0 Å². The predicted octanol–water partition coefficient (Wildman–Crippen LogP) is 2.38. The van der Waals surface area contributed by atoms with E-state index >= 15 is 0 Å². The van der Waals surface area contributed by atoms with E-state index in [4.69, 9.17) is 5.73 Å². The fraction of sp³-hybridized carbons (Fsp3) is 0.947. The van der Waals surface area contributed by atoms with Gasteiger partial charge in [-0.15, -0.1) is 0 Å². The number of hydrogen-bond acceptors (Lipinski definition) is 3. The number of nitrogens with zero attached hydrogens (tertiary/aromatic N) is 3. The zero-order valence-corrected chi connectivity index (χ0v) is 16.7. The maximum absolute atomic E-state index is 6.04. The van der Waals surface area contributed by atoms with Crippen LogP contribution in [0.2, 0.25) is 0 Å². The van der Waals surface area contributed by atoms with E-state index in [1.165, 1.54) is 45.6 Å². The van der Waals surface area contributed by atoms with Gasteiger partial charge >= 0.3 is 0 Å². The number of nitrogens with two attached hydrogens (primary N) is 1. The van der Waals surface area contributed by atoms with Gasteiger partial charge in [0.25, 0.3) is 0 Å². The normalized spacial score (nSPS) is 20.3. The smallest absolute Gasteiger partial charge is 0.188 e. The first-order valence-corrected chi connectivity index (χ1v) is 9.91. The van der Waals surface area contributed by atoms with Crippen LogP contribution in [0.15, 0.2) is 4.99 Å². The number of aliphatic imine (C=N–C) groups is 1. The molecule has 0 aromatic carbocycles. The summed E-state index contributed by atoms with van der Waals surface area (Å²) in [5, 5.41) is 3.33. The van der Waals surface area contributed by atoms with Crippen LogP contribution in [-0.2, 0) is 0 Å². The van der Waals surface area contributed by atoms with Gasteiger partial charge in [-0.25, -0.2) is 0 Å². The Morgan fingerprint density at radius 1 is 1.04 bits per heavy atom. The quantitative estimate of drug-likeness (QED) is 0.474. The third-order valence-corrected chi connectivity index (χ3v) is 4.87. The fourth-order valence-corrected chi connectivity index (χ4v) is 3.24. The Hall–Kier alpha value is -0.810. The van der Waals surface area contributed by atoms with E-state index < -0.39 is 0 Å². The molecule has 5 heteroatoms. The second-order valence-electron chi connectivity index (χ2n) is 7.94. The zero-order valence-electron chi connectivity index (χ0n) is 16.7. The van der Waals surface area contributed by atoms with Gasteiger partial charge in [0.05, 0.1) is 0 Å². The standard InChI is InChI=1S/C19H41N5/c1-6-23-10-12-24(13-11-23)15-17(4)14-21-19(20)22-18(5)9-7-8-16(2)3/h16-18H,6-15H2,1-5H3,(H3,20,21,22). The minimum Gasteiger partial charge on any atom is -0.370 e. The highest BCUT2D eigenvalue weighted by molar-refractivity contribution is 5.78. The van der Waals surface area contributed by atoms with E-state index in [1.54, 1.807) is 0 Å². The van der Waals surface area contributed by atoms with Crippen LogP contribution in [0.3, 0.4) is 0 Å². The van der Waals surface area contributed by atoms with Gasteiger partial charge in [0.2, 0.25) is 0 Å². The van der Waals surface area contributed by atoms with Crippen molar-refractivity contribution in [2.45, 2.75) is 59.9 Å². The lowest BCUT2D eigenvalue weighted by Crippen LogP contribution is -2.47. The number of likely N-dealkylation sites (N-methyl/N-ethyl adjacent to an activating group) is 1. The largest absolute Gasteiger partial charge is 0.370 e. The zero-order chi connectivity index (χ0) is 17.9. The van der Waals surface area contributed by atoms with Crippen LogP contribution in [0, 0.1) is 11.8 Å². The first-order chi connectivity index (χ1) is 11.4. The van der Waals surface area contributed by atoms with E-state index in [9.17, 15) is 0 Å². The molecule has 1 aliphatic heterocycles. The molecule has 1 fully saturated rings. The van der Waals surface area contributed by atoms with E-state index in [1.807, 2.05) is 0 Å². The molecular formula is C19H41N5. The van der Waals surface area contributed by atoms with Crippen LogP contribution in [-0.4, -0.2) is 67.6 Å². The van der Waals surface area contributed by atoms with Crippen molar-refractivity contribution in [2.24, 2.45) is 22.6 Å². The van der Waals surface area contributed by atoms with Gasteiger partial charge in [0, 0.05) is 45.3 Å². The van der Waals surface area contributed by atoms with Crippen molar-refractivity contribution in [1.29, 1.82) is 0 Å². The molecule has 2 unspecified atom stereocenters. The van der Waals surface area contributed by atoms with Gasteiger partial charge in [-0.05, 0) is 31.7 Å².